The maximum atomic E-state index is 4.36. The van der Waals surface area contributed by atoms with Gasteiger partial charge in [-0.25, -0.2) is 0 Å². The van der Waals surface area contributed by atoms with Crippen LogP contribution in [0.2, 0.25) is 0 Å². The first-order chi connectivity index (χ1) is 7.79. The number of rotatable bonds is 3. The molecule has 1 heteroatoms. The highest BCUT2D eigenvalue weighted by Crippen LogP contribution is 2.47. The molecule has 96 valence electrons. The van der Waals surface area contributed by atoms with E-state index in [1.807, 2.05) is 0 Å². The lowest BCUT2D eigenvalue weighted by Crippen LogP contribution is -2.41. The van der Waals surface area contributed by atoms with Gasteiger partial charge in [0, 0.05) is 11.7 Å². The molecular weight excluding hydrogens is 206 g/mol. The second kappa shape index (κ2) is 4.19. The van der Waals surface area contributed by atoms with E-state index in [4.69, 9.17) is 0 Å². The fraction of sp³-hybridized carbons (Fsp3) is 0.750. The van der Waals surface area contributed by atoms with Gasteiger partial charge in [0.1, 0.15) is 0 Å². The van der Waals surface area contributed by atoms with E-state index in [2.05, 4.69) is 45.8 Å². The first-order valence-corrected chi connectivity index (χ1v) is 6.91. The first kappa shape index (κ1) is 12.7. The van der Waals surface area contributed by atoms with E-state index in [-0.39, 0.29) is 0 Å². The van der Waals surface area contributed by atoms with Crippen LogP contribution in [0.15, 0.2) is 24.4 Å². The number of likely N-dealkylation sites (tertiary alicyclic amines) is 1. The van der Waals surface area contributed by atoms with E-state index in [0.29, 0.717) is 11.5 Å². The van der Waals surface area contributed by atoms with Crippen molar-refractivity contribution in [3.05, 3.63) is 24.4 Å². The minimum atomic E-state index is 0.332. The van der Waals surface area contributed by atoms with Crippen LogP contribution >= 0.6 is 0 Å². The molecular formula is C16H27N. The van der Waals surface area contributed by atoms with E-state index < -0.39 is 0 Å². The number of nitrogens with zero attached hydrogens (tertiary/aromatic N) is 1. The number of hydrogen-bond donors (Lipinski definition) is 0. The molecule has 3 atom stereocenters. The largest absolute Gasteiger partial charge is 0.365 e. The van der Waals surface area contributed by atoms with Crippen molar-refractivity contribution in [1.29, 1.82) is 0 Å². The van der Waals surface area contributed by atoms with Gasteiger partial charge in [-0.1, -0.05) is 39.5 Å². The highest BCUT2D eigenvalue weighted by Gasteiger charge is 2.46. The number of hydrogen-bond acceptors (Lipinski definition) is 1. The Morgan fingerprint density at radius 3 is 2.41 bits per heavy atom. The molecule has 0 N–H and O–H groups in total. The van der Waals surface area contributed by atoms with Crippen LogP contribution < -0.4 is 0 Å². The summed E-state index contributed by atoms with van der Waals surface area (Å²) in [6.45, 7) is 17.6. The summed E-state index contributed by atoms with van der Waals surface area (Å²) < 4.78 is 0. The van der Waals surface area contributed by atoms with E-state index in [9.17, 15) is 0 Å². The van der Waals surface area contributed by atoms with Crippen LogP contribution in [0.3, 0.4) is 0 Å². The Balaban J connectivity index is 2.14. The van der Waals surface area contributed by atoms with Gasteiger partial charge < -0.3 is 4.90 Å². The molecule has 0 amide bonds. The molecule has 1 aliphatic heterocycles. The molecule has 0 aromatic carbocycles. The molecule has 0 aromatic heterocycles. The maximum Gasteiger partial charge on any atom is 0.0525 e. The number of allylic oxidation sites excluding steroid dienone is 1. The van der Waals surface area contributed by atoms with Crippen LogP contribution in [-0.4, -0.2) is 17.0 Å². The minimum Gasteiger partial charge on any atom is -0.365 e. The predicted octanol–water partition coefficient (Wildman–Crippen LogP) is 4.37. The zero-order valence-electron chi connectivity index (χ0n) is 11.9. The summed E-state index contributed by atoms with van der Waals surface area (Å²) >= 11 is 0. The Morgan fingerprint density at radius 2 is 1.88 bits per heavy atom. The molecule has 3 unspecified atom stereocenters. The number of piperidine rings is 1. The molecule has 2 fully saturated rings. The summed E-state index contributed by atoms with van der Waals surface area (Å²) in [4.78, 5) is 2.60. The Labute approximate surface area is 107 Å². The summed E-state index contributed by atoms with van der Waals surface area (Å²) in [6.07, 6.45) is 5.21. The highest BCUT2D eigenvalue weighted by molar-refractivity contribution is 5.20. The fourth-order valence-corrected chi connectivity index (χ4v) is 3.78. The second-order valence-electron chi connectivity index (χ2n) is 7.23. The van der Waals surface area contributed by atoms with Gasteiger partial charge in [0.25, 0.3) is 0 Å². The molecule has 1 heterocycles. The van der Waals surface area contributed by atoms with Crippen molar-refractivity contribution in [2.45, 2.75) is 65.5 Å². The van der Waals surface area contributed by atoms with Crippen molar-refractivity contribution >= 4 is 0 Å². The van der Waals surface area contributed by atoms with E-state index in [0.717, 1.165) is 18.4 Å². The average Bonchev–Trinajstić information content (AvgIpc) is 2.72. The van der Waals surface area contributed by atoms with Gasteiger partial charge in [-0.2, -0.15) is 0 Å². The van der Waals surface area contributed by atoms with Crippen LogP contribution in [0.4, 0.5) is 0 Å². The quantitative estimate of drug-likeness (QED) is 0.654. The monoisotopic (exact) mass is 233 g/mol. The third-order valence-corrected chi connectivity index (χ3v) is 4.19. The maximum absolute atomic E-state index is 4.36. The van der Waals surface area contributed by atoms with Crippen molar-refractivity contribution in [2.24, 2.45) is 11.3 Å². The van der Waals surface area contributed by atoms with Crippen molar-refractivity contribution < 1.29 is 0 Å². The van der Waals surface area contributed by atoms with Crippen LogP contribution in [0.1, 0.15) is 53.4 Å². The van der Waals surface area contributed by atoms with Gasteiger partial charge in [-0.05, 0) is 43.9 Å². The summed E-state index contributed by atoms with van der Waals surface area (Å²) in [5.41, 5.74) is 2.99. The molecule has 1 nitrogen and oxygen atoms in total. The summed E-state index contributed by atoms with van der Waals surface area (Å²) in [6, 6.07) is 1.32. The Hall–Kier alpha value is -0.720. The standard InChI is InChI=1S/C16H27N/c1-11(2)15-13-7-8-14(9-13)17(15)12(3)10-16(4,5)6/h13-15H,1,3,7-10H2,2,4-6H3. The van der Waals surface area contributed by atoms with Gasteiger partial charge in [0.2, 0.25) is 0 Å². The molecule has 1 saturated heterocycles. The topological polar surface area (TPSA) is 3.24 Å². The lowest BCUT2D eigenvalue weighted by atomic mass is 9.88. The fourth-order valence-electron chi connectivity index (χ4n) is 3.78. The van der Waals surface area contributed by atoms with Crippen molar-refractivity contribution in [3.8, 4) is 0 Å². The smallest absolute Gasteiger partial charge is 0.0525 e. The normalized spacial score (nSPS) is 32.0. The lowest BCUT2D eigenvalue weighted by Gasteiger charge is -2.40. The summed E-state index contributed by atoms with van der Waals surface area (Å²) in [7, 11) is 0. The van der Waals surface area contributed by atoms with Crippen LogP contribution in [0.25, 0.3) is 0 Å². The van der Waals surface area contributed by atoms with Gasteiger partial charge >= 0.3 is 0 Å². The van der Waals surface area contributed by atoms with Crippen LogP contribution in [0.5, 0.6) is 0 Å². The molecule has 0 spiro atoms. The van der Waals surface area contributed by atoms with Gasteiger partial charge in [0.05, 0.1) is 6.04 Å². The average molecular weight is 233 g/mol. The summed E-state index contributed by atoms with van der Waals surface area (Å²) in [5.74, 6) is 0.842. The molecule has 17 heavy (non-hydrogen) atoms. The number of fused-ring (bicyclic) bond motifs is 2. The molecule has 1 saturated carbocycles. The zero-order valence-corrected chi connectivity index (χ0v) is 11.9. The second-order valence-corrected chi connectivity index (χ2v) is 7.23. The molecule has 2 aliphatic rings. The van der Waals surface area contributed by atoms with Crippen molar-refractivity contribution in [3.63, 3.8) is 0 Å². The van der Waals surface area contributed by atoms with Crippen molar-refractivity contribution in [2.75, 3.05) is 0 Å². The van der Waals surface area contributed by atoms with Crippen LogP contribution in [-0.2, 0) is 0 Å². The van der Waals surface area contributed by atoms with Crippen molar-refractivity contribution in [1.82, 2.24) is 4.90 Å². The van der Waals surface area contributed by atoms with E-state index in [1.54, 1.807) is 0 Å². The predicted molar refractivity (Wildman–Crippen MR) is 74.8 cm³/mol. The molecule has 1 aliphatic carbocycles. The molecule has 2 bridgehead atoms. The highest BCUT2D eigenvalue weighted by atomic mass is 15.2. The molecule has 2 rings (SSSR count). The molecule has 0 aromatic rings. The summed E-state index contributed by atoms with van der Waals surface area (Å²) in [5, 5.41) is 0. The Kier molecular flexibility index (Phi) is 3.14. The third-order valence-electron chi connectivity index (χ3n) is 4.19. The first-order valence-electron chi connectivity index (χ1n) is 6.91. The SMILES string of the molecule is C=C(C)C1C2CCC(C2)N1C(=C)CC(C)(C)C. The Morgan fingerprint density at radius 1 is 1.24 bits per heavy atom. The zero-order chi connectivity index (χ0) is 12.8. The van der Waals surface area contributed by atoms with E-state index in [1.165, 1.54) is 30.5 Å². The van der Waals surface area contributed by atoms with Crippen LogP contribution in [0, 0.1) is 11.3 Å². The van der Waals surface area contributed by atoms with E-state index >= 15 is 0 Å². The minimum absolute atomic E-state index is 0.332. The molecule has 0 radical (unpaired) electrons. The lowest BCUT2D eigenvalue weighted by molar-refractivity contribution is 0.190. The van der Waals surface area contributed by atoms with Gasteiger partial charge in [-0.3, -0.25) is 0 Å². The third kappa shape index (κ3) is 2.43. The van der Waals surface area contributed by atoms with Gasteiger partial charge in [-0.15, -0.1) is 0 Å². The van der Waals surface area contributed by atoms with Gasteiger partial charge in [0.15, 0.2) is 0 Å². The Bertz CT molecular complexity index is 334.